The molecule has 0 saturated heterocycles. The van der Waals surface area contributed by atoms with Crippen molar-refractivity contribution in [1.29, 1.82) is 0 Å². The number of methoxy groups -OCH3 is 3. The van der Waals surface area contributed by atoms with Gasteiger partial charge >= 0.3 is 6.03 Å². The first kappa shape index (κ1) is 21.4. The van der Waals surface area contributed by atoms with Crippen molar-refractivity contribution < 1.29 is 19.0 Å². The third-order valence-electron chi connectivity index (χ3n) is 4.46. The zero-order valence-electron chi connectivity index (χ0n) is 17.1. The summed E-state index contributed by atoms with van der Waals surface area (Å²) in [7, 11) is 4.68. The molecule has 0 saturated carbocycles. The van der Waals surface area contributed by atoms with Gasteiger partial charge in [0.2, 0.25) is 5.75 Å². The number of anilines is 1. The van der Waals surface area contributed by atoms with Crippen molar-refractivity contribution >= 4 is 11.7 Å². The smallest absolute Gasteiger partial charge is 0.319 e. The largest absolute Gasteiger partial charge is 0.493 e. The van der Waals surface area contributed by atoms with Gasteiger partial charge < -0.3 is 24.8 Å². The SMILES string of the molecule is CCCCCc1ccc(NC(=O)NCc2cc(OC)c(OC)c(OC)c2)cc1. The van der Waals surface area contributed by atoms with Gasteiger partial charge in [0, 0.05) is 12.2 Å². The van der Waals surface area contributed by atoms with Crippen LogP contribution in [0.1, 0.15) is 37.3 Å². The minimum Gasteiger partial charge on any atom is -0.493 e. The van der Waals surface area contributed by atoms with Crippen LogP contribution in [0.15, 0.2) is 36.4 Å². The highest BCUT2D eigenvalue weighted by Crippen LogP contribution is 2.38. The van der Waals surface area contributed by atoms with Crippen molar-refractivity contribution in [2.45, 2.75) is 39.2 Å². The number of amides is 2. The highest BCUT2D eigenvalue weighted by atomic mass is 16.5. The Kier molecular flexibility index (Phi) is 8.46. The van der Waals surface area contributed by atoms with Crippen LogP contribution in [0.4, 0.5) is 10.5 Å². The van der Waals surface area contributed by atoms with Crippen LogP contribution in [0.3, 0.4) is 0 Å². The number of hydrogen-bond acceptors (Lipinski definition) is 4. The Hall–Kier alpha value is -2.89. The molecule has 2 rings (SSSR count). The molecule has 2 aromatic rings. The van der Waals surface area contributed by atoms with Crippen LogP contribution < -0.4 is 24.8 Å². The van der Waals surface area contributed by atoms with Gasteiger partial charge in [-0.05, 0) is 48.2 Å². The summed E-state index contributed by atoms with van der Waals surface area (Å²) in [6.07, 6.45) is 4.72. The van der Waals surface area contributed by atoms with E-state index in [9.17, 15) is 4.79 Å². The summed E-state index contributed by atoms with van der Waals surface area (Å²) >= 11 is 0. The fraction of sp³-hybridized carbons (Fsp3) is 0.409. The number of ether oxygens (including phenoxy) is 3. The Balaban J connectivity index is 1.91. The Morgan fingerprint density at radius 2 is 1.54 bits per heavy atom. The zero-order valence-corrected chi connectivity index (χ0v) is 17.1. The molecule has 0 aliphatic rings. The van der Waals surface area contributed by atoms with Crippen molar-refractivity contribution in [3.63, 3.8) is 0 Å². The molecule has 152 valence electrons. The Labute approximate surface area is 167 Å². The molecule has 0 aliphatic carbocycles. The average molecular weight is 386 g/mol. The third-order valence-corrected chi connectivity index (χ3v) is 4.46. The van der Waals surface area contributed by atoms with Gasteiger partial charge in [-0.3, -0.25) is 0 Å². The lowest BCUT2D eigenvalue weighted by atomic mass is 10.1. The summed E-state index contributed by atoms with van der Waals surface area (Å²) in [5.74, 6) is 1.63. The maximum atomic E-state index is 12.2. The van der Waals surface area contributed by atoms with Crippen LogP contribution in [-0.4, -0.2) is 27.4 Å². The van der Waals surface area contributed by atoms with E-state index in [1.54, 1.807) is 21.3 Å². The van der Waals surface area contributed by atoms with E-state index in [2.05, 4.69) is 29.7 Å². The van der Waals surface area contributed by atoms with Gasteiger partial charge in [-0.1, -0.05) is 31.9 Å². The molecule has 0 spiro atoms. The summed E-state index contributed by atoms with van der Waals surface area (Å²) in [5.41, 5.74) is 2.90. The van der Waals surface area contributed by atoms with Gasteiger partial charge in [-0.15, -0.1) is 0 Å². The number of hydrogen-bond donors (Lipinski definition) is 2. The molecule has 0 radical (unpaired) electrons. The highest BCUT2D eigenvalue weighted by Gasteiger charge is 2.13. The summed E-state index contributed by atoms with van der Waals surface area (Å²) in [4.78, 5) is 12.2. The summed E-state index contributed by atoms with van der Waals surface area (Å²) in [6, 6.07) is 11.3. The van der Waals surface area contributed by atoms with Crippen LogP contribution in [-0.2, 0) is 13.0 Å². The second kappa shape index (κ2) is 11.1. The van der Waals surface area contributed by atoms with Gasteiger partial charge in [-0.25, -0.2) is 4.79 Å². The zero-order chi connectivity index (χ0) is 20.4. The van der Waals surface area contributed by atoms with Crippen molar-refractivity contribution in [2.24, 2.45) is 0 Å². The molecule has 0 atom stereocenters. The van der Waals surface area contributed by atoms with Crippen molar-refractivity contribution in [2.75, 3.05) is 26.6 Å². The third kappa shape index (κ3) is 6.08. The molecule has 28 heavy (non-hydrogen) atoms. The molecule has 2 N–H and O–H groups in total. The number of nitrogens with one attached hydrogen (secondary N) is 2. The molecule has 0 aliphatic heterocycles. The number of aryl methyl sites for hydroxylation is 1. The predicted octanol–water partition coefficient (Wildman–Crippen LogP) is 4.77. The first-order chi connectivity index (χ1) is 13.6. The molecule has 0 aromatic heterocycles. The van der Waals surface area contributed by atoms with E-state index >= 15 is 0 Å². The second-order valence-corrected chi connectivity index (χ2v) is 6.50. The molecule has 6 heteroatoms. The number of benzene rings is 2. The van der Waals surface area contributed by atoms with Gasteiger partial charge in [0.25, 0.3) is 0 Å². The monoisotopic (exact) mass is 386 g/mol. The quantitative estimate of drug-likeness (QED) is 0.577. The first-order valence-corrected chi connectivity index (χ1v) is 9.54. The summed E-state index contributed by atoms with van der Waals surface area (Å²) < 4.78 is 16.0. The van der Waals surface area contributed by atoms with Crippen LogP contribution >= 0.6 is 0 Å². The van der Waals surface area contributed by atoms with E-state index in [0.29, 0.717) is 23.8 Å². The Morgan fingerprint density at radius 3 is 2.07 bits per heavy atom. The number of carbonyl (C=O) groups excluding carboxylic acids is 1. The number of carbonyl (C=O) groups is 1. The van der Waals surface area contributed by atoms with E-state index in [1.165, 1.54) is 24.8 Å². The fourth-order valence-electron chi connectivity index (χ4n) is 2.93. The van der Waals surface area contributed by atoms with Crippen molar-refractivity contribution in [1.82, 2.24) is 5.32 Å². The molecular weight excluding hydrogens is 356 g/mol. The number of rotatable bonds is 10. The minimum absolute atomic E-state index is 0.271. The van der Waals surface area contributed by atoms with Crippen molar-refractivity contribution in [3.8, 4) is 17.2 Å². The van der Waals surface area contributed by atoms with E-state index in [1.807, 2.05) is 24.3 Å². The van der Waals surface area contributed by atoms with Gasteiger partial charge in [0.1, 0.15) is 0 Å². The second-order valence-electron chi connectivity index (χ2n) is 6.50. The Bertz CT molecular complexity index is 735. The highest BCUT2D eigenvalue weighted by molar-refractivity contribution is 5.89. The lowest BCUT2D eigenvalue weighted by molar-refractivity contribution is 0.251. The molecule has 6 nitrogen and oxygen atoms in total. The molecule has 0 heterocycles. The lowest BCUT2D eigenvalue weighted by Crippen LogP contribution is -2.28. The van der Waals surface area contributed by atoms with E-state index in [4.69, 9.17) is 14.2 Å². The average Bonchev–Trinajstić information content (AvgIpc) is 2.72. The lowest BCUT2D eigenvalue weighted by Gasteiger charge is -2.14. The predicted molar refractivity (Wildman–Crippen MR) is 112 cm³/mol. The van der Waals surface area contributed by atoms with Crippen LogP contribution in [0, 0.1) is 0 Å². The topological polar surface area (TPSA) is 68.8 Å². The normalized spacial score (nSPS) is 10.3. The van der Waals surface area contributed by atoms with E-state index in [-0.39, 0.29) is 6.03 Å². The Morgan fingerprint density at radius 1 is 0.893 bits per heavy atom. The molecular formula is C22H30N2O4. The summed E-state index contributed by atoms with van der Waals surface area (Å²) in [6.45, 7) is 2.53. The fourth-order valence-corrected chi connectivity index (χ4v) is 2.93. The molecule has 0 fully saturated rings. The van der Waals surface area contributed by atoms with Crippen LogP contribution in [0.5, 0.6) is 17.2 Å². The summed E-state index contributed by atoms with van der Waals surface area (Å²) in [5, 5.41) is 5.69. The molecule has 2 amide bonds. The van der Waals surface area contributed by atoms with Gasteiger partial charge in [0.15, 0.2) is 11.5 Å². The number of unbranched alkanes of at least 4 members (excludes halogenated alkanes) is 2. The maximum absolute atomic E-state index is 12.2. The number of urea groups is 1. The van der Waals surface area contributed by atoms with E-state index < -0.39 is 0 Å². The maximum Gasteiger partial charge on any atom is 0.319 e. The molecule has 0 unspecified atom stereocenters. The van der Waals surface area contributed by atoms with Crippen LogP contribution in [0.2, 0.25) is 0 Å². The van der Waals surface area contributed by atoms with Crippen molar-refractivity contribution in [3.05, 3.63) is 47.5 Å². The molecule has 2 aromatic carbocycles. The molecule has 0 bridgehead atoms. The van der Waals surface area contributed by atoms with Gasteiger partial charge in [-0.2, -0.15) is 0 Å². The van der Waals surface area contributed by atoms with Crippen LogP contribution in [0.25, 0.3) is 0 Å². The first-order valence-electron chi connectivity index (χ1n) is 9.54. The van der Waals surface area contributed by atoms with Gasteiger partial charge in [0.05, 0.1) is 21.3 Å². The van der Waals surface area contributed by atoms with E-state index in [0.717, 1.165) is 17.7 Å². The minimum atomic E-state index is -0.271. The standard InChI is InChI=1S/C22H30N2O4/c1-5-6-7-8-16-9-11-18(12-10-16)24-22(25)23-15-17-13-19(26-2)21(28-4)20(14-17)27-3/h9-14H,5-8,15H2,1-4H3,(H2,23,24,25).